The fourth-order valence-electron chi connectivity index (χ4n) is 4.24. The molecule has 2 fully saturated rings. The fourth-order valence-corrected chi connectivity index (χ4v) is 4.24. The van der Waals surface area contributed by atoms with Gasteiger partial charge in [0.25, 0.3) is 0 Å². The molecule has 2 heterocycles. The Hall–Kier alpha value is -1.02. The SMILES string of the molecule is CCNC(=NCCc1ccc(C)c(OC)c1)N1CCC(CN2CCCC2)C1.I. The summed E-state index contributed by atoms with van der Waals surface area (Å²) >= 11 is 0. The number of hydrogen-bond acceptors (Lipinski definition) is 3. The van der Waals surface area contributed by atoms with Crippen LogP contribution in [0.1, 0.15) is 37.3 Å². The summed E-state index contributed by atoms with van der Waals surface area (Å²) in [5, 5.41) is 3.49. The van der Waals surface area contributed by atoms with Crippen molar-refractivity contribution in [3.8, 4) is 5.75 Å². The van der Waals surface area contributed by atoms with Crippen LogP contribution in [-0.2, 0) is 6.42 Å². The minimum atomic E-state index is 0. The molecule has 2 aliphatic heterocycles. The molecule has 1 unspecified atom stereocenters. The number of benzene rings is 1. The number of nitrogens with zero attached hydrogens (tertiary/aromatic N) is 3. The van der Waals surface area contributed by atoms with E-state index < -0.39 is 0 Å². The summed E-state index contributed by atoms with van der Waals surface area (Å²) in [7, 11) is 1.74. The van der Waals surface area contributed by atoms with Gasteiger partial charge in [0.1, 0.15) is 5.75 Å². The molecule has 6 heteroatoms. The summed E-state index contributed by atoms with van der Waals surface area (Å²) in [5.41, 5.74) is 2.46. The third kappa shape index (κ3) is 6.51. The molecule has 1 N–H and O–H groups in total. The summed E-state index contributed by atoms with van der Waals surface area (Å²) in [6.45, 7) is 12.1. The first-order chi connectivity index (χ1) is 13.2. The van der Waals surface area contributed by atoms with Gasteiger partial charge in [0.2, 0.25) is 0 Å². The van der Waals surface area contributed by atoms with Crippen molar-refractivity contribution in [2.45, 2.75) is 39.5 Å². The Balaban J connectivity index is 0.00000280. The average molecular weight is 500 g/mol. The average Bonchev–Trinajstić information content (AvgIpc) is 3.35. The Morgan fingerprint density at radius 2 is 2.04 bits per heavy atom. The van der Waals surface area contributed by atoms with E-state index in [-0.39, 0.29) is 24.0 Å². The number of halogens is 1. The molecular formula is C22H37IN4O. The molecule has 0 bridgehead atoms. The second kappa shape index (κ2) is 11.9. The van der Waals surface area contributed by atoms with Gasteiger partial charge in [-0.05, 0) is 75.7 Å². The lowest BCUT2D eigenvalue weighted by Crippen LogP contribution is -2.41. The van der Waals surface area contributed by atoms with Crippen LogP contribution in [0.25, 0.3) is 0 Å². The lowest BCUT2D eigenvalue weighted by molar-refractivity contribution is 0.281. The van der Waals surface area contributed by atoms with Crippen LogP contribution in [0, 0.1) is 12.8 Å². The van der Waals surface area contributed by atoms with Crippen molar-refractivity contribution in [1.82, 2.24) is 15.1 Å². The Morgan fingerprint density at radius 1 is 1.25 bits per heavy atom. The molecule has 0 radical (unpaired) electrons. The molecule has 0 spiro atoms. The first kappa shape index (κ1) is 23.3. The highest BCUT2D eigenvalue weighted by Gasteiger charge is 2.27. The number of guanidine groups is 1. The van der Waals surface area contributed by atoms with Gasteiger partial charge >= 0.3 is 0 Å². The maximum absolute atomic E-state index is 5.44. The molecule has 3 rings (SSSR count). The van der Waals surface area contributed by atoms with Crippen molar-refractivity contribution in [2.75, 3.05) is 52.9 Å². The van der Waals surface area contributed by atoms with Crippen molar-refractivity contribution in [1.29, 1.82) is 0 Å². The van der Waals surface area contributed by atoms with Gasteiger partial charge in [0, 0.05) is 32.7 Å². The van der Waals surface area contributed by atoms with E-state index in [4.69, 9.17) is 9.73 Å². The molecule has 2 aliphatic rings. The van der Waals surface area contributed by atoms with Crippen LogP contribution in [0.3, 0.4) is 0 Å². The number of hydrogen-bond donors (Lipinski definition) is 1. The van der Waals surface area contributed by atoms with Crippen molar-refractivity contribution in [2.24, 2.45) is 10.9 Å². The van der Waals surface area contributed by atoms with Gasteiger partial charge in [0.05, 0.1) is 7.11 Å². The standard InChI is InChI=1S/C22H36N4O.HI/c1-4-23-22(24-11-9-19-8-7-18(2)21(15-19)27-3)26-14-10-20(17-26)16-25-12-5-6-13-25;/h7-8,15,20H,4-6,9-14,16-17H2,1-3H3,(H,23,24);1H. The normalized spacial score (nSPS) is 20.3. The van der Waals surface area contributed by atoms with Crippen LogP contribution in [0.15, 0.2) is 23.2 Å². The lowest BCUT2D eigenvalue weighted by atomic mass is 10.1. The third-order valence-corrected chi connectivity index (χ3v) is 5.77. The third-order valence-electron chi connectivity index (χ3n) is 5.77. The molecule has 1 aromatic rings. The highest BCUT2D eigenvalue weighted by Crippen LogP contribution is 2.21. The van der Waals surface area contributed by atoms with Crippen LogP contribution in [0.5, 0.6) is 5.75 Å². The fraction of sp³-hybridized carbons (Fsp3) is 0.682. The van der Waals surface area contributed by atoms with E-state index in [1.807, 2.05) is 0 Å². The first-order valence-electron chi connectivity index (χ1n) is 10.6. The molecule has 28 heavy (non-hydrogen) atoms. The van der Waals surface area contributed by atoms with Gasteiger partial charge in [0.15, 0.2) is 5.96 Å². The van der Waals surface area contributed by atoms with Crippen LogP contribution in [0.4, 0.5) is 0 Å². The quantitative estimate of drug-likeness (QED) is 0.353. The van der Waals surface area contributed by atoms with Gasteiger partial charge in [-0.25, -0.2) is 0 Å². The highest BCUT2D eigenvalue weighted by molar-refractivity contribution is 14.0. The predicted octanol–water partition coefficient (Wildman–Crippen LogP) is 3.55. The summed E-state index contributed by atoms with van der Waals surface area (Å²) in [5.74, 6) is 2.83. The summed E-state index contributed by atoms with van der Waals surface area (Å²) < 4.78 is 5.44. The van der Waals surface area contributed by atoms with E-state index in [1.165, 1.54) is 50.0 Å². The van der Waals surface area contributed by atoms with E-state index >= 15 is 0 Å². The monoisotopic (exact) mass is 500 g/mol. The van der Waals surface area contributed by atoms with Gasteiger partial charge in [-0.15, -0.1) is 24.0 Å². The highest BCUT2D eigenvalue weighted by atomic mass is 127. The summed E-state index contributed by atoms with van der Waals surface area (Å²) in [4.78, 5) is 10.0. The lowest BCUT2D eigenvalue weighted by Gasteiger charge is -2.23. The number of ether oxygens (including phenoxy) is 1. The van der Waals surface area contributed by atoms with Gasteiger partial charge in [-0.2, -0.15) is 0 Å². The van der Waals surface area contributed by atoms with E-state index in [0.29, 0.717) is 0 Å². The van der Waals surface area contributed by atoms with Crippen molar-refractivity contribution in [3.05, 3.63) is 29.3 Å². The number of methoxy groups -OCH3 is 1. The zero-order valence-corrected chi connectivity index (χ0v) is 20.1. The second-order valence-corrected chi connectivity index (χ2v) is 7.90. The summed E-state index contributed by atoms with van der Waals surface area (Å²) in [6, 6.07) is 6.45. The van der Waals surface area contributed by atoms with Crippen LogP contribution in [-0.4, -0.2) is 68.7 Å². The molecule has 1 aromatic carbocycles. The van der Waals surface area contributed by atoms with Crippen molar-refractivity contribution < 1.29 is 4.74 Å². The molecule has 0 saturated carbocycles. The van der Waals surface area contributed by atoms with Gasteiger partial charge in [-0.1, -0.05) is 12.1 Å². The van der Waals surface area contributed by atoms with E-state index in [0.717, 1.165) is 50.2 Å². The van der Waals surface area contributed by atoms with Gasteiger partial charge < -0.3 is 19.9 Å². The molecule has 2 saturated heterocycles. The van der Waals surface area contributed by atoms with Crippen molar-refractivity contribution >= 4 is 29.9 Å². The second-order valence-electron chi connectivity index (χ2n) is 7.90. The minimum Gasteiger partial charge on any atom is -0.496 e. The summed E-state index contributed by atoms with van der Waals surface area (Å²) in [6.07, 6.45) is 4.99. The molecule has 158 valence electrons. The van der Waals surface area contributed by atoms with Crippen LogP contribution in [0.2, 0.25) is 0 Å². The number of likely N-dealkylation sites (tertiary alicyclic amines) is 2. The van der Waals surface area contributed by atoms with E-state index in [9.17, 15) is 0 Å². The molecule has 1 atom stereocenters. The Bertz CT molecular complexity index is 631. The molecule has 0 aromatic heterocycles. The largest absolute Gasteiger partial charge is 0.496 e. The predicted molar refractivity (Wildman–Crippen MR) is 128 cm³/mol. The number of nitrogens with one attached hydrogen (secondary N) is 1. The molecule has 5 nitrogen and oxygen atoms in total. The Kier molecular flexibility index (Phi) is 9.85. The topological polar surface area (TPSA) is 40.1 Å². The number of aliphatic imine (C=N–C) groups is 1. The molecule has 0 amide bonds. The first-order valence-corrected chi connectivity index (χ1v) is 10.6. The zero-order chi connectivity index (χ0) is 19.1. The minimum absolute atomic E-state index is 0. The Labute approximate surface area is 187 Å². The maximum atomic E-state index is 5.44. The molecular weight excluding hydrogens is 463 g/mol. The van der Waals surface area contributed by atoms with Gasteiger partial charge in [-0.3, -0.25) is 4.99 Å². The number of aryl methyl sites for hydroxylation is 1. The van der Waals surface area contributed by atoms with E-state index in [2.05, 4.69) is 47.2 Å². The number of rotatable bonds is 7. The van der Waals surface area contributed by atoms with Crippen LogP contribution >= 0.6 is 24.0 Å². The molecule has 0 aliphatic carbocycles. The van der Waals surface area contributed by atoms with E-state index in [1.54, 1.807) is 7.11 Å². The maximum Gasteiger partial charge on any atom is 0.193 e. The van der Waals surface area contributed by atoms with Crippen molar-refractivity contribution in [3.63, 3.8) is 0 Å². The Morgan fingerprint density at radius 3 is 2.75 bits per heavy atom. The zero-order valence-electron chi connectivity index (χ0n) is 17.7. The smallest absolute Gasteiger partial charge is 0.193 e. The van der Waals surface area contributed by atoms with Crippen LogP contribution < -0.4 is 10.1 Å².